The monoisotopic (exact) mass is 281 g/mol. The summed E-state index contributed by atoms with van der Waals surface area (Å²) in [4.78, 5) is 11.4. The first-order chi connectivity index (χ1) is 10.1. The molecule has 0 radical (unpaired) electrons. The van der Waals surface area contributed by atoms with E-state index in [2.05, 4.69) is 0 Å². The van der Waals surface area contributed by atoms with Gasteiger partial charge in [0, 0.05) is 12.4 Å². The van der Waals surface area contributed by atoms with Gasteiger partial charge in [-0.1, -0.05) is 24.3 Å². The third-order valence-corrected chi connectivity index (χ3v) is 3.38. The number of hydrogen-bond acceptors (Lipinski definition) is 4. The van der Waals surface area contributed by atoms with Crippen molar-refractivity contribution in [3.8, 4) is 11.5 Å². The predicted molar refractivity (Wildman–Crippen MR) is 78.2 cm³/mol. The number of anilines is 1. The highest BCUT2D eigenvalue weighted by Crippen LogP contribution is 2.37. The van der Waals surface area contributed by atoms with Crippen LogP contribution in [-0.2, 0) is 7.05 Å². The molecule has 5 heteroatoms. The third kappa shape index (κ3) is 2.08. The Kier molecular flexibility index (Phi) is 3.02. The molecule has 3 rings (SSSR count). The van der Waals surface area contributed by atoms with Crippen LogP contribution in [0.4, 0.5) is 5.69 Å². The number of carboxylic acid groups (broad SMARTS) is 1. The SMILES string of the molecule is Cn1c(C(=O)[O-])c(Oc2ccccc2N)c2ccccc21. The molecule has 0 fully saturated rings. The predicted octanol–water partition coefficient (Wildman–Crippen LogP) is 1.92. The van der Waals surface area contributed by atoms with E-state index in [1.54, 1.807) is 41.9 Å². The zero-order valence-corrected chi connectivity index (χ0v) is 11.4. The summed E-state index contributed by atoms with van der Waals surface area (Å²) in [6.07, 6.45) is 0. The minimum Gasteiger partial charge on any atom is -0.543 e. The highest BCUT2D eigenvalue weighted by molar-refractivity contribution is 6.00. The Morgan fingerprint density at radius 2 is 1.81 bits per heavy atom. The van der Waals surface area contributed by atoms with Crippen LogP contribution in [0, 0.1) is 0 Å². The number of aromatic nitrogens is 1. The minimum atomic E-state index is -1.29. The number of carbonyl (C=O) groups excluding carboxylic acids is 1. The van der Waals surface area contributed by atoms with E-state index < -0.39 is 5.97 Å². The fraction of sp³-hybridized carbons (Fsp3) is 0.0625. The molecule has 5 nitrogen and oxygen atoms in total. The first kappa shape index (κ1) is 13.1. The van der Waals surface area contributed by atoms with E-state index >= 15 is 0 Å². The van der Waals surface area contributed by atoms with Gasteiger partial charge in [-0.05, 0) is 24.3 Å². The molecule has 0 aliphatic carbocycles. The zero-order chi connectivity index (χ0) is 15.0. The molecule has 106 valence electrons. The molecular formula is C16H13N2O3-. The number of para-hydroxylation sites is 3. The highest BCUT2D eigenvalue weighted by Gasteiger charge is 2.18. The van der Waals surface area contributed by atoms with Gasteiger partial charge < -0.3 is 24.9 Å². The molecule has 0 spiro atoms. The van der Waals surface area contributed by atoms with Crippen LogP contribution in [-0.4, -0.2) is 10.5 Å². The summed E-state index contributed by atoms with van der Waals surface area (Å²) < 4.78 is 7.31. The summed E-state index contributed by atoms with van der Waals surface area (Å²) in [5.74, 6) is -0.638. The molecule has 0 amide bonds. The van der Waals surface area contributed by atoms with Gasteiger partial charge in [-0.2, -0.15) is 0 Å². The molecule has 21 heavy (non-hydrogen) atoms. The number of rotatable bonds is 3. The summed E-state index contributed by atoms with van der Waals surface area (Å²) in [7, 11) is 1.66. The van der Waals surface area contributed by atoms with Gasteiger partial charge in [-0.25, -0.2) is 0 Å². The van der Waals surface area contributed by atoms with E-state index in [0.29, 0.717) is 16.8 Å². The van der Waals surface area contributed by atoms with Gasteiger partial charge in [-0.3, -0.25) is 0 Å². The van der Waals surface area contributed by atoms with Crippen molar-refractivity contribution in [1.29, 1.82) is 0 Å². The topological polar surface area (TPSA) is 80.3 Å². The van der Waals surface area contributed by atoms with E-state index in [9.17, 15) is 9.90 Å². The molecule has 2 N–H and O–H groups in total. The van der Waals surface area contributed by atoms with Crippen LogP contribution in [0.1, 0.15) is 10.5 Å². The number of aromatic carboxylic acids is 1. The number of benzene rings is 2. The lowest BCUT2D eigenvalue weighted by Crippen LogP contribution is -2.25. The molecule has 1 heterocycles. The summed E-state index contributed by atoms with van der Waals surface area (Å²) >= 11 is 0. The van der Waals surface area contributed by atoms with E-state index in [0.717, 1.165) is 5.52 Å². The van der Waals surface area contributed by atoms with Gasteiger partial charge in [0.2, 0.25) is 0 Å². The molecule has 0 saturated carbocycles. The second-order valence-corrected chi connectivity index (χ2v) is 4.68. The number of ether oxygens (including phenoxy) is 1. The first-order valence-corrected chi connectivity index (χ1v) is 6.40. The van der Waals surface area contributed by atoms with Gasteiger partial charge in [0.15, 0.2) is 5.75 Å². The van der Waals surface area contributed by atoms with Crippen molar-refractivity contribution in [1.82, 2.24) is 4.57 Å². The zero-order valence-electron chi connectivity index (χ0n) is 11.4. The van der Waals surface area contributed by atoms with Crippen LogP contribution in [0.15, 0.2) is 48.5 Å². The van der Waals surface area contributed by atoms with Gasteiger partial charge in [-0.15, -0.1) is 0 Å². The van der Waals surface area contributed by atoms with Crippen LogP contribution in [0.2, 0.25) is 0 Å². The molecule has 0 aliphatic rings. The molecule has 0 bridgehead atoms. The standard InChI is InChI=1S/C16H14N2O3/c1-18-12-8-4-2-6-10(12)15(14(18)16(19)20)21-13-9-5-3-7-11(13)17/h2-9H,17H2,1H3,(H,19,20)/p-1. The van der Waals surface area contributed by atoms with Crippen LogP contribution in [0.25, 0.3) is 10.9 Å². The summed E-state index contributed by atoms with van der Waals surface area (Å²) in [6.45, 7) is 0. The summed E-state index contributed by atoms with van der Waals surface area (Å²) in [5.41, 5.74) is 7.03. The highest BCUT2D eigenvalue weighted by atomic mass is 16.5. The number of nitrogens with two attached hydrogens (primary N) is 1. The fourth-order valence-corrected chi connectivity index (χ4v) is 2.37. The summed E-state index contributed by atoms with van der Waals surface area (Å²) in [6, 6.07) is 14.2. The van der Waals surface area contributed by atoms with Crippen molar-refractivity contribution in [2.75, 3.05) is 5.73 Å². The van der Waals surface area contributed by atoms with Gasteiger partial charge in [0.25, 0.3) is 0 Å². The van der Waals surface area contributed by atoms with Crippen LogP contribution in [0.3, 0.4) is 0 Å². The van der Waals surface area contributed by atoms with E-state index in [-0.39, 0.29) is 11.4 Å². The molecule has 2 aromatic carbocycles. The number of carboxylic acids is 1. The third-order valence-electron chi connectivity index (χ3n) is 3.38. The number of aryl methyl sites for hydroxylation is 1. The summed E-state index contributed by atoms with van der Waals surface area (Å²) in [5, 5.41) is 12.1. The van der Waals surface area contributed by atoms with Gasteiger partial charge in [0.1, 0.15) is 11.4 Å². The second kappa shape index (κ2) is 4.86. The normalized spacial score (nSPS) is 10.7. The Labute approximate surface area is 121 Å². The molecule has 1 aromatic heterocycles. The largest absolute Gasteiger partial charge is 0.543 e. The molecule has 0 atom stereocenters. The lowest BCUT2D eigenvalue weighted by Gasteiger charge is -2.11. The second-order valence-electron chi connectivity index (χ2n) is 4.68. The molecule has 3 aromatic rings. The quantitative estimate of drug-likeness (QED) is 0.744. The number of hydrogen-bond donors (Lipinski definition) is 1. The Morgan fingerprint density at radius 1 is 1.14 bits per heavy atom. The number of nitrogen functional groups attached to an aromatic ring is 1. The Balaban J connectivity index is 2.24. The first-order valence-electron chi connectivity index (χ1n) is 6.40. The van der Waals surface area contributed by atoms with Crippen molar-refractivity contribution >= 4 is 22.6 Å². The average molecular weight is 281 g/mol. The van der Waals surface area contributed by atoms with E-state index in [1.165, 1.54) is 0 Å². The van der Waals surface area contributed by atoms with Crippen molar-refractivity contribution in [3.05, 3.63) is 54.2 Å². The molecule has 0 unspecified atom stereocenters. The van der Waals surface area contributed by atoms with Crippen molar-refractivity contribution in [3.63, 3.8) is 0 Å². The van der Waals surface area contributed by atoms with Crippen molar-refractivity contribution in [2.45, 2.75) is 0 Å². The Bertz CT molecular complexity index is 837. The molecule has 0 aliphatic heterocycles. The van der Waals surface area contributed by atoms with Gasteiger partial charge in [0.05, 0.1) is 17.2 Å². The van der Waals surface area contributed by atoms with E-state index in [1.807, 2.05) is 18.2 Å². The van der Waals surface area contributed by atoms with Crippen molar-refractivity contribution in [2.24, 2.45) is 7.05 Å². The maximum Gasteiger partial charge on any atom is 0.162 e. The molecule has 0 saturated heterocycles. The minimum absolute atomic E-state index is 0.0144. The average Bonchev–Trinajstić information content (AvgIpc) is 2.75. The van der Waals surface area contributed by atoms with Crippen LogP contribution >= 0.6 is 0 Å². The lowest BCUT2D eigenvalue weighted by atomic mass is 10.2. The maximum absolute atomic E-state index is 11.4. The number of carbonyl (C=O) groups is 1. The fourth-order valence-electron chi connectivity index (χ4n) is 2.37. The molecular weight excluding hydrogens is 268 g/mol. The van der Waals surface area contributed by atoms with Crippen molar-refractivity contribution < 1.29 is 14.6 Å². The smallest absolute Gasteiger partial charge is 0.162 e. The van der Waals surface area contributed by atoms with E-state index in [4.69, 9.17) is 10.5 Å². The number of fused-ring (bicyclic) bond motifs is 1. The lowest BCUT2D eigenvalue weighted by molar-refractivity contribution is -0.255. The maximum atomic E-state index is 11.4. The Hall–Kier alpha value is -2.95. The number of nitrogens with zero attached hydrogens (tertiary/aromatic N) is 1. The Morgan fingerprint density at radius 3 is 2.52 bits per heavy atom. The van der Waals surface area contributed by atoms with Crippen LogP contribution < -0.4 is 15.6 Å². The van der Waals surface area contributed by atoms with Gasteiger partial charge >= 0.3 is 0 Å². The van der Waals surface area contributed by atoms with Crippen LogP contribution in [0.5, 0.6) is 11.5 Å².